The van der Waals surface area contributed by atoms with Crippen LogP contribution in [-0.4, -0.2) is 71.4 Å². The Morgan fingerprint density at radius 1 is 0.977 bits per heavy atom. The molecule has 10 heteroatoms. The van der Waals surface area contributed by atoms with E-state index < -0.39 is 29.6 Å². The van der Waals surface area contributed by atoms with E-state index in [-0.39, 0.29) is 46.9 Å². The minimum atomic E-state index is -1.22. The van der Waals surface area contributed by atoms with Gasteiger partial charge in [-0.3, -0.25) is 14.4 Å². The van der Waals surface area contributed by atoms with Gasteiger partial charge in [0.25, 0.3) is 0 Å². The van der Waals surface area contributed by atoms with Crippen molar-refractivity contribution in [2.45, 2.75) is 95.9 Å². The van der Waals surface area contributed by atoms with Gasteiger partial charge in [-0.05, 0) is 51.9 Å². The van der Waals surface area contributed by atoms with Gasteiger partial charge in [0.2, 0.25) is 17.5 Å². The molecule has 0 bridgehead atoms. The number of ketones is 2. The molecular formula is C33H46N4O6. The van der Waals surface area contributed by atoms with Crippen LogP contribution < -0.4 is 11.5 Å². The number of ether oxygens (including phenoxy) is 2. The molecule has 0 aromatic rings. The number of hydrogen-bond donors (Lipinski definition) is 2. The first-order valence-electron chi connectivity index (χ1n) is 15.5. The number of allylic oxidation sites excluding steroid dienone is 8. The molecule has 4 rings (SSSR count). The van der Waals surface area contributed by atoms with Gasteiger partial charge in [0.05, 0.1) is 23.4 Å². The number of amides is 2. The summed E-state index contributed by atoms with van der Waals surface area (Å²) in [6, 6.07) is -0.556. The van der Waals surface area contributed by atoms with Gasteiger partial charge >= 0.3 is 6.09 Å². The summed E-state index contributed by atoms with van der Waals surface area (Å²) in [5.74, 6) is -1.65. The predicted molar refractivity (Wildman–Crippen MR) is 163 cm³/mol. The zero-order valence-corrected chi connectivity index (χ0v) is 25.7. The number of unbranched alkanes of at least 4 members (excludes halogenated alkanes) is 5. The molecule has 2 fully saturated rings. The van der Waals surface area contributed by atoms with Crippen molar-refractivity contribution in [1.29, 1.82) is 0 Å². The molecule has 10 nitrogen and oxygen atoms in total. The van der Waals surface area contributed by atoms with E-state index in [4.69, 9.17) is 20.9 Å². The number of Topliss-reactive ketones (excluding diaryl/α,β-unsaturated/α-hetero) is 2. The molecule has 0 unspecified atom stereocenters. The zero-order chi connectivity index (χ0) is 31.1. The normalized spacial score (nSPS) is 26.3. The van der Waals surface area contributed by atoms with E-state index in [2.05, 4.69) is 43.4 Å². The highest BCUT2D eigenvalue weighted by atomic mass is 16.6. The summed E-state index contributed by atoms with van der Waals surface area (Å²) in [6.45, 7) is 3.81. The summed E-state index contributed by atoms with van der Waals surface area (Å²) in [4.78, 5) is 54.9. The third kappa shape index (κ3) is 6.34. The average molecular weight is 595 g/mol. The van der Waals surface area contributed by atoms with Gasteiger partial charge in [-0.2, -0.15) is 0 Å². The van der Waals surface area contributed by atoms with Crippen LogP contribution >= 0.6 is 0 Å². The van der Waals surface area contributed by atoms with Crippen LogP contribution in [0, 0.1) is 5.92 Å². The quantitative estimate of drug-likeness (QED) is 0.117. The van der Waals surface area contributed by atoms with Gasteiger partial charge in [-0.25, -0.2) is 4.79 Å². The number of rotatable bonds is 16. The number of fused-ring (bicyclic) bond motifs is 4. The summed E-state index contributed by atoms with van der Waals surface area (Å²) < 4.78 is 11.2. The van der Waals surface area contributed by atoms with Crippen molar-refractivity contribution in [3.8, 4) is 0 Å². The third-order valence-corrected chi connectivity index (χ3v) is 9.01. The number of methoxy groups -OCH3 is 1. The van der Waals surface area contributed by atoms with Crippen molar-refractivity contribution >= 4 is 23.6 Å². The monoisotopic (exact) mass is 594 g/mol. The van der Waals surface area contributed by atoms with E-state index in [0.717, 1.165) is 38.5 Å². The highest BCUT2D eigenvalue weighted by molar-refractivity contribution is 6.25. The van der Waals surface area contributed by atoms with Crippen LogP contribution in [0.4, 0.5) is 4.79 Å². The lowest BCUT2D eigenvalue weighted by Crippen LogP contribution is -2.56. The fraction of sp³-hybridized carbons (Fsp3) is 0.576. The Morgan fingerprint density at radius 2 is 1.60 bits per heavy atom. The van der Waals surface area contributed by atoms with E-state index in [9.17, 15) is 19.2 Å². The Balaban J connectivity index is 1.28. The van der Waals surface area contributed by atoms with Crippen molar-refractivity contribution in [1.82, 2.24) is 9.80 Å². The van der Waals surface area contributed by atoms with Crippen molar-refractivity contribution in [2.75, 3.05) is 20.3 Å². The molecule has 0 saturated carbocycles. The molecule has 4 aliphatic rings. The molecule has 234 valence electrons. The van der Waals surface area contributed by atoms with Crippen LogP contribution in [0.2, 0.25) is 0 Å². The lowest BCUT2D eigenvalue weighted by atomic mass is 9.82. The molecule has 4 atom stereocenters. The predicted octanol–water partition coefficient (Wildman–Crippen LogP) is 4.18. The highest BCUT2D eigenvalue weighted by Gasteiger charge is 2.77. The van der Waals surface area contributed by atoms with Gasteiger partial charge in [-0.15, -0.1) is 0 Å². The fourth-order valence-electron chi connectivity index (χ4n) is 6.77. The number of piperazine rings is 1. The number of nitrogens with zero attached hydrogens (tertiary/aromatic N) is 2. The van der Waals surface area contributed by atoms with Crippen molar-refractivity contribution < 1.29 is 28.7 Å². The summed E-state index contributed by atoms with van der Waals surface area (Å²) in [6.07, 6.45) is 22.0. The summed E-state index contributed by atoms with van der Waals surface area (Å²) in [7, 11) is 1.48. The Labute approximate surface area is 254 Å². The molecule has 0 spiro atoms. The molecule has 43 heavy (non-hydrogen) atoms. The Bertz CT molecular complexity index is 1260. The maximum absolute atomic E-state index is 13.3. The van der Waals surface area contributed by atoms with Crippen molar-refractivity contribution in [3.05, 3.63) is 59.0 Å². The summed E-state index contributed by atoms with van der Waals surface area (Å²) in [5, 5.41) is 0. The molecule has 0 aromatic heterocycles. The second kappa shape index (κ2) is 14.2. The summed E-state index contributed by atoms with van der Waals surface area (Å²) in [5.41, 5.74) is 10.4. The Morgan fingerprint density at radius 3 is 2.21 bits per heavy atom. The van der Waals surface area contributed by atoms with Gasteiger partial charge in [0.1, 0.15) is 12.6 Å². The maximum Gasteiger partial charge on any atom is 0.404 e. The highest BCUT2D eigenvalue weighted by Crippen LogP contribution is 2.59. The van der Waals surface area contributed by atoms with E-state index in [1.54, 1.807) is 9.80 Å². The molecule has 4 N–H and O–H groups in total. The zero-order valence-electron chi connectivity index (χ0n) is 25.7. The number of hydrogen-bond acceptors (Lipinski definition) is 8. The fourth-order valence-corrected chi connectivity index (χ4v) is 6.77. The van der Waals surface area contributed by atoms with Crippen LogP contribution in [0.5, 0.6) is 0 Å². The first-order valence-corrected chi connectivity index (χ1v) is 15.5. The second-order valence-electron chi connectivity index (χ2n) is 11.6. The van der Waals surface area contributed by atoms with Crippen molar-refractivity contribution in [3.63, 3.8) is 0 Å². The van der Waals surface area contributed by atoms with E-state index in [0.29, 0.717) is 13.0 Å². The Hall–Kier alpha value is -3.66. The molecule has 2 saturated heterocycles. The first-order chi connectivity index (χ1) is 20.7. The van der Waals surface area contributed by atoms with Gasteiger partial charge in [-0.1, -0.05) is 56.2 Å². The van der Waals surface area contributed by atoms with E-state index >= 15 is 0 Å². The van der Waals surface area contributed by atoms with Crippen molar-refractivity contribution in [2.24, 2.45) is 17.4 Å². The Kier molecular flexibility index (Phi) is 10.7. The number of carbonyl (C=O) groups excluding carboxylic acids is 4. The van der Waals surface area contributed by atoms with Crippen LogP contribution in [0.3, 0.4) is 0 Å². The minimum absolute atomic E-state index is 0.00616. The first kappa shape index (κ1) is 32.3. The molecule has 2 amide bonds. The van der Waals surface area contributed by atoms with E-state index in [1.807, 2.05) is 0 Å². The molecule has 0 radical (unpaired) electrons. The average Bonchev–Trinajstić information content (AvgIpc) is 3.50. The number of carbonyl (C=O) groups is 4. The number of primary amides is 1. The molecule has 3 aliphatic heterocycles. The smallest absolute Gasteiger partial charge is 0.404 e. The second-order valence-corrected chi connectivity index (χ2v) is 11.6. The van der Waals surface area contributed by atoms with Gasteiger partial charge < -0.3 is 30.7 Å². The topological polar surface area (TPSA) is 145 Å². The number of nitrogens with two attached hydrogens (primary N) is 2. The van der Waals surface area contributed by atoms with Gasteiger partial charge in [0.15, 0.2) is 5.72 Å². The third-order valence-electron chi connectivity index (χ3n) is 9.01. The van der Waals surface area contributed by atoms with Crippen LogP contribution in [-0.2, 0) is 23.9 Å². The standard InChI is InChI=1S/C33H46N4O6/c1-4-5-6-7-8-9-10-11-12-13-14-15-16-17-18-19-25(38)37-24-20-36-28-26(30(40)27(34)22(2)29(28)39)23(21-43-32(35)41)33(36,42-3)31(24)37/h8-9,11-12,14-15,23-24,31H,4-7,10,13,16-21,34H2,1-3H3,(H2,35,41)/b9-8-,12-11-,15-14-/t23-,24+,31+,33-,37?/m1/s1. The molecule has 0 aromatic carbocycles. The summed E-state index contributed by atoms with van der Waals surface area (Å²) >= 11 is 0. The molecule has 3 heterocycles. The lowest BCUT2D eigenvalue weighted by Gasteiger charge is -2.41. The maximum atomic E-state index is 13.3. The van der Waals surface area contributed by atoms with Crippen LogP contribution in [0.15, 0.2) is 59.0 Å². The molecule has 1 aliphatic carbocycles. The SMILES string of the molecule is CCCCC/C=C\C/C=C\C/C=C\CCCCC(=O)N1[C@H]2[C@@H]1CN1C3=C(C(=O)C(N)=C(C)C3=O)[C@@H](COC(N)=O)[C@@]21OC. The van der Waals surface area contributed by atoms with E-state index in [1.165, 1.54) is 33.3 Å². The van der Waals surface area contributed by atoms with Crippen LogP contribution in [0.25, 0.3) is 0 Å². The van der Waals surface area contributed by atoms with Crippen LogP contribution in [0.1, 0.15) is 78.1 Å². The molecular weight excluding hydrogens is 548 g/mol. The largest absolute Gasteiger partial charge is 0.449 e. The van der Waals surface area contributed by atoms with Gasteiger partial charge in [0, 0.05) is 31.2 Å². The minimum Gasteiger partial charge on any atom is -0.449 e. The lowest BCUT2D eigenvalue weighted by molar-refractivity contribution is -0.153.